The molecule has 4 rings (SSSR count). The third kappa shape index (κ3) is 4.80. The molecule has 0 unspecified atom stereocenters. The van der Waals surface area contributed by atoms with E-state index in [0.717, 1.165) is 22.6 Å². The van der Waals surface area contributed by atoms with Crippen LogP contribution in [-0.4, -0.2) is 40.3 Å². The van der Waals surface area contributed by atoms with Crippen molar-refractivity contribution in [3.05, 3.63) is 70.5 Å². The number of amides is 3. The standard InChI is InChI=1S/C24H26ClN5O3/c1-16(31)30(18-7-5-4-6-8-18)15-21-19-14-29(12-11-22(19)28(2)27-21)24(32)26-20-13-17(25)9-10-23(20)33-3/h4-10,13H,11-12,14-15H2,1-3H3,(H,26,32). The van der Waals surface area contributed by atoms with E-state index in [2.05, 4.69) is 10.4 Å². The molecule has 0 bridgehead atoms. The molecule has 9 heteroatoms. The molecule has 0 saturated heterocycles. The van der Waals surface area contributed by atoms with Gasteiger partial charge in [-0.3, -0.25) is 9.48 Å². The zero-order chi connectivity index (χ0) is 23.5. The molecule has 3 amide bonds. The average Bonchev–Trinajstić information content (AvgIpc) is 3.12. The number of ether oxygens (including phenoxy) is 1. The van der Waals surface area contributed by atoms with Crippen LogP contribution in [0.1, 0.15) is 23.9 Å². The van der Waals surface area contributed by atoms with Gasteiger partial charge in [0.15, 0.2) is 0 Å². The third-order valence-corrected chi connectivity index (χ3v) is 6.01. The lowest BCUT2D eigenvalue weighted by atomic mass is 10.0. The molecule has 33 heavy (non-hydrogen) atoms. The Morgan fingerprint density at radius 3 is 2.67 bits per heavy atom. The smallest absolute Gasteiger partial charge is 0.322 e. The second-order valence-corrected chi connectivity index (χ2v) is 8.32. The number of aryl methyl sites for hydroxylation is 1. The van der Waals surface area contributed by atoms with Crippen molar-refractivity contribution < 1.29 is 14.3 Å². The minimum atomic E-state index is -0.248. The van der Waals surface area contributed by atoms with Crippen LogP contribution < -0.4 is 15.0 Å². The van der Waals surface area contributed by atoms with Crippen molar-refractivity contribution in [3.63, 3.8) is 0 Å². The van der Waals surface area contributed by atoms with Crippen LogP contribution in [0.2, 0.25) is 5.02 Å². The molecule has 1 aromatic heterocycles. The molecule has 1 N–H and O–H groups in total. The first-order chi connectivity index (χ1) is 15.9. The normalized spacial score (nSPS) is 12.8. The molecule has 0 spiro atoms. The number of urea groups is 1. The molecule has 0 fully saturated rings. The molecule has 0 radical (unpaired) electrons. The second-order valence-electron chi connectivity index (χ2n) is 7.88. The van der Waals surface area contributed by atoms with Gasteiger partial charge in [0.25, 0.3) is 0 Å². The first-order valence-corrected chi connectivity index (χ1v) is 11.0. The number of fused-ring (bicyclic) bond motifs is 1. The van der Waals surface area contributed by atoms with Crippen LogP contribution in [0.3, 0.4) is 0 Å². The topological polar surface area (TPSA) is 79.7 Å². The zero-order valence-corrected chi connectivity index (χ0v) is 19.6. The van der Waals surface area contributed by atoms with Crippen LogP contribution in [0.4, 0.5) is 16.2 Å². The van der Waals surface area contributed by atoms with Crippen molar-refractivity contribution in [3.8, 4) is 5.75 Å². The Hall–Kier alpha value is -3.52. The number of hydrogen-bond acceptors (Lipinski definition) is 4. The van der Waals surface area contributed by atoms with Crippen molar-refractivity contribution in [2.24, 2.45) is 7.05 Å². The van der Waals surface area contributed by atoms with Gasteiger partial charge < -0.3 is 19.9 Å². The number of carbonyl (C=O) groups is 2. The highest BCUT2D eigenvalue weighted by Crippen LogP contribution is 2.29. The number of carbonyl (C=O) groups excluding carboxylic acids is 2. The summed E-state index contributed by atoms with van der Waals surface area (Å²) in [6.07, 6.45) is 0.671. The van der Waals surface area contributed by atoms with Crippen molar-refractivity contribution in [1.29, 1.82) is 0 Å². The summed E-state index contributed by atoms with van der Waals surface area (Å²) >= 11 is 6.09. The number of hydrogen-bond donors (Lipinski definition) is 1. The second kappa shape index (κ2) is 9.54. The summed E-state index contributed by atoms with van der Waals surface area (Å²) in [5.41, 5.74) is 4.15. The first-order valence-electron chi connectivity index (χ1n) is 10.6. The minimum Gasteiger partial charge on any atom is -0.495 e. The zero-order valence-electron chi connectivity index (χ0n) is 18.8. The quantitative estimate of drug-likeness (QED) is 0.609. The Morgan fingerprint density at radius 2 is 1.97 bits per heavy atom. The van der Waals surface area contributed by atoms with E-state index in [1.54, 1.807) is 42.0 Å². The lowest BCUT2D eigenvalue weighted by Gasteiger charge is -2.29. The predicted octanol–water partition coefficient (Wildman–Crippen LogP) is 4.23. The van der Waals surface area contributed by atoms with Gasteiger partial charge in [-0.2, -0.15) is 5.10 Å². The van der Waals surface area contributed by atoms with Crippen LogP contribution in [0.5, 0.6) is 5.75 Å². The molecule has 172 valence electrons. The number of anilines is 2. The summed E-state index contributed by atoms with van der Waals surface area (Å²) in [4.78, 5) is 28.9. The predicted molar refractivity (Wildman–Crippen MR) is 128 cm³/mol. The molecular formula is C24H26ClN5O3. The third-order valence-electron chi connectivity index (χ3n) is 5.77. The van der Waals surface area contributed by atoms with Crippen LogP contribution in [0.25, 0.3) is 0 Å². The maximum absolute atomic E-state index is 13.1. The van der Waals surface area contributed by atoms with Gasteiger partial charge in [-0.15, -0.1) is 0 Å². The summed E-state index contributed by atoms with van der Waals surface area (Å²) in [6, 6.07) is 14.3. The van der Waals surface area contributed by atoms with E-state index in [4.69, 9.17) is 16.3 Å². The Bertz CT molecular complexity index is 1180. The lowest BCUT2D eigenvalue weighted by Crippen LogP contribution is -2.39. The van der Waals surface area contributed by atoms with Gasteiger partial charge in [-0.05, 0) is 30.3 Å². The minimum absolute atomic E-state index is 0.0703. The van der Waals surface area contributed by atoms with Crippen LogP contribution >= 0.6 is 11.6 Å². The highest BCUT2D eigenvalue weighted by atomic mass is 35.5. The maximum Gasteiger partial charge on any atom is 0.322 e. The lowest BCUT2D eigenvalue weighted by molar-refractivity contribution is -0.116. The highest BCUT2D eigenvalue weighted by molar-refractivity contribution is 6.31. The van der Waals surface area contributed by atoms with Gasteiger partial charge in [0.05, 0.1) is 31.6 Å². The molecule has 0 aliphatic carbocycles. The fourth-order valence-corrected chi connectivity index (χ4v) is 4.26. The monoisotopic (exact) mass is 467 g/mol. The van der Waals surface area contributed by atoms with Gasteiger partial charge in [0.1, 0.15) is 5.75 Å². The molecule has 2 aromatic carbocycles. The number of methoxy groups -OCH3 is 1. The van der Waals surface area contributed by atoms with E-state index in [1.165, 1.54) is 0 Å². The average molecular weight is 468 g/mol. The Morgan fingerprint density at radius 1 is 1.21 bits per heavy atom. The number of nitrogens with one attached hydrogen (secondary N) is 1. The fraction of sp³-hybridized carbons (Fsp3) is 0.292. The van der Waals surface area contributed by atoms with E-state index < -0.39 is 0 Å². The number of halogens is 1. The van der Waals surface area contributed by atoms with Gasteiger partial charge in [0.2, 0.25) is 5.91 Å². The number of nitrogens with zero attached hydrogens (tertiary/aromatic N) is 4. The van der Waals surface area contributed by atoms with Crippen molar-refractivity contribution in [1.82, 2.24) is 14.7 Å². The SMILES string of the molecule is COc1ccc(Cl)cc1NC(=O)N1CCc2c(c(CN(C(C)=O)c3ccccc3)nn2C)C1. The van der Waals surface area contributed by atoms with E-state index >= 15 is 0 Å². The summed E-state index contributed by atoms with van der Waals surface area (Å²) in [5, 5.41) is 8.09. The number of rotatable bonds is 5. The van der Waals surface area contributed by atoms with Crippen molar-refractivity contribution in [2.45, 2.75) is 26.4 Å². The molecule has 3 aromatic rings. The summed E-state index contributed by atoms with van der Waals surface area (Å²) in [7, 11) is 3.44. The molecule has 0 saturated carbocycles. The number of benzene rings is 2. The van der Waals surface area contributed by atoms with E-state index in [-0.39, 0.29) is 11.9 Å². The molecule has 1 aliphatic rings. The van der Waals surface area contributed by atoms with Gasteiger partial charge in [-0.25, -0.2) is 4.79 Å². The molecule has 0 atom stereocenters. The molecule has 8 nitrogen and oxygen atoms in total. The van der Waals surface area contributed by atoms with Crippen molar-refractivity contribution >= 4 is 34.9 Å². The molecule has 1 aliphatic heterocycles. The van der Waals surface area contributed by atoms with Crippen LogP contribution in [0, 0.1) is 0 Å². The first kappa shape index (κ1) is 22.7. The Labute approximate surface area is 197 Å². The number of aromatic nitrogens is 2. The van der Waals surface area contributed by atoms with E-state index in [0.29, 0.717) is 42.5 Å². The van der Waals surface area contributed by atoms with Crippen LogP contribution in [0.15, 0.2) is 48.5 Å². The van der Waals surface area contributed by atoms with Gasteiger partial charge in [0, 0.05) is 48.9 Å². The number of para-hydroxylation sites is 1. The molecule has 2 heterocycles. The van der Waals surface area contributed by atoms with Crippen LogP contribution in [-0.2, 0) is 31.4 Å². The van der Waals surface area contributed by atoms with E-state index in [9.17, 15) is 9.59 Å². The summed E-state index contributed by atoms with van der Waals surface area (Å²) < 4.78 is 7.18. The van der Waals surface area contributed by atoms with E-state index in [1.807, 2.05) is 42.1 Å². The van der Waals surface area contributed by atoms with Gasteiger partial charge in [-0.1, -0.05) is 29.8 Å². The highest BCUT2D eigenvalue weighted by Gasteiger charge is 2.28. The Kier molecular flexibility index (Phi) is 6.55. The fourth-order valence-electron chi connectivity index (χ4n) is 4.08. The Balaban J connectivity index is 1.56. The molecular weight excluding hydrogens is 442 g/mol. The van der Waals surface area contributed by atoms with Crippen molar-refractivity contribution in [2.75, 3.05) is 23.9 Å². The van der Waals surface area contributed by atoms with Gasteiger partial charge >= 0.3 is 6.03 Å². The summed E-state index contributed by atoms with van der Waals surface area (Å²) in [5.74, 6) is 0.464. The largest absolute Gasteiger partial charge is 0.495 e. The summed E-state index contributed by atoms with van der Waals surface area (Å²) in [6.45, 7) is 2.82. The maximum atomic E-state index is 13.1.